The van der Waals surface area contributed by atoms with Gasteiger partial charge in [0.05, 0.1) is 10.7 Å². The van der Waals surface area contributed by atoms with Crippen LogP contribution < -0.4 is 10.6 Å². The van der Waals surface area contributed by atoms with Crippen LogP contribution in [-0.4, -0.2) is 13.1 Å². The molecule has 106 valence electrons. The van der Waals surface area contributed by atoms with E-state index in [1.54, 1.807) is 0 Å². The lowest BCUT2D eigenvalue weighted by atomic mass is 10.1. The van der Waals surface area contributed by atoms with Crippen molar-refractivity contribution in [2.75, 3.05) is 18.0 Å². The first-order chi connectivity index (χ1) is 9.76. The molecule has 0 radical (unpaired) electrons. The SMILES string of the molecule is CCN(Cc1ccccc1)c1c(Cl)cccc1CCN. The molecule has 0 heterocycles. The Kier molecular flexibility index (Phi) is 5.45. The highest BCUT2D eigenvalue weighted by Gasteiger charge is 2.13. The summed E-state index contributed by atoms with van der Waals surface area (Å²) < 4.78 is 0. The number of rotatable bonds is 6. The fraction of sp³-hybridized carbons (Fsp3) is 0.294. The molecule has 0 bridgehead atoms. The topological polar surface area (TPSA) is 29.3 Å². The summed E-state index contributed by atoms with van der Waals surface area (Å²) in [6.07, 6.45) is 0.848. The smallest absolute Gasteiger partial charge is 0.0642 e. The second kappa shape index (κ2) is 7.32. The normalized spacial score (nSPS) is 10.6. The van der Waals surface area contributed by atoms with Crippen molar-refractivity contribution in [3.05, 3.63) is 64.7 Å². The van der Waals surface area contributed by atoms with Crippen LogP contribution in [0.3, 0.4) is 0 Å². The Bertz CT molecular complexity index is 540. The minimum Gasteiger partial charge on any atom is -0.366 e. The van der Waals surface area contributed by atoms with Crippen LogP contribution in [0.15, 0.2) is 48.5 Å². The number of hydrogen-bond acceptors (Lipinski definition) is 2. The van der Waals surface area contributed by atoms with E-state index in [4.69, 9.17) is 17.3 Å². The minimum atomic E-state index is 0.635. The monoisotopic (exact) mass is 288 g/mol. The van der Waals surface area contributed by atoms with Gasteiger partial charge in [0, 0.05) is 13.1 Å². The van der Waals surface area contributed by atoms with Gasteiger partial charge in [-0.25, -0.2) is 0 Å². The van der Waals surface area contributed by atoms with Gasteiger partial charge < -0.3 is 10.6 Å². The fourth-order valence-electron chi connectivity index (χ4n) is 2.42. The van der Waals surface area contributed by atoms with Crippen molar-refractivity contribution in [3.8, 4) is 0 Å². The summed E-state index contributed by atoms with van der Waals surface area (Å²) in [7, 11) is 0. The standard InChI is InChI=1S/C17H21ClN2/c1-2-20(13-14-7-4-3-5-8-14)17-15(11-12-19)9-6-10-16(17)18/h3-10H,2,11-13,19H2,1H3. The number of halogens is 1. The van der Waals surface area contributed by atoms with Crippen molar-refractivity contribution in [1.82, 2.24) is 0 Å². The molecule has 0 aliphatic carbocycles. The zero-order valence-electron chi connectivity index (χ0n) is 11.8. The van der Waals surface area contributed by atoms with E-state index >= 15 is 0 Å². The molecule has 0 aliphatic rings. The molecule has 0 aromatic heterocycles. The summed E-state index contributed by atoms with van der Waals surface area (Å²) in [5, 5.41) is 0.800. The van der Waals surface area contributed by atoms with Crippen molar-refractivity contribution in [3.63, 3.8) is 0 Å². The maximum Gasteiger partial charge on any atom is 0.0642 e. The summed E-state index contributed by atoms with van der Waals surface area (Å²) in [5.74, 6) is 0. The second-order valence-electron chi connectivity index (χ2n) is 4.79. The Balaban J connectivity index is 2.31. The molecule has 0 spiro atoms. The van der Waals surface area contributed by atoms with Crippen LogP contribution in [0.1, 0.15) is 18.1 Å². The van der Waals surface area contributed by atoms with E-state index in [0.717, 1.165) is 30.2 Å². The van der Waals surface area contributed by atoms with E-state index in [1.807, 2.05) is 18.2 Å². The molecular formula is C17H21ClN2. The van der Waals surface area contributed by atoms with E-state index < -0.39 is 0 Å². The molecule has 0 unspecified atom stereocenters. The predicted molar refractivity (Wildman–Crippen MR) is 87.4 cm³/mol. The Morgan fingerprint density at radius 3 is 2.45 bits per heavy atom. The first-order valence-electron chi connectivity index (χ1n) is 7.02. The number of nitrogens with two attached hydrogens (primary N) is 1. The van der Waals surface area contributed by atoms with E-state index in [9.17, 15) is 0 Å². The molecule has 0 aliphatic heterocycles. The van der Waals surface area contributed by atoms with Gasteiger partial charge in [0.2, 0.25) is 0 Å². The zero-order valence-corrected chi connectivity index (χ0v) is 12.6. The second-order valence-corrected chi connectivity index (χ2v) is 5.19. The van der Waals surface area contributed by atoms with Crippen LogP contribution in [0.25, 0.3) is 0 Å². The number of anilines is 1. The van der Waals surface area contributed by atoms with Gasteiger partial charge in [0.25, 0.3) is 0 Å². The van der Waals surface area contributed by atoms with Gasteiger partial charge in [-0.2, -0.15) is 0 Å². The van der Waals surface area contributed by atoms with Crippen LogP contribution in [0.5, 0.6) is 0 Å². The maximum absolute atomic E-state index is 6.42. The quantitative estimate of drug-likeness (QED) is 0.874. The highest BCUT2D eigenvalue weighted by molar-refractivity contribution is 6.33. The molecule has 3 heteroatoms. The van der Waals surface area contributed by atoms with Gasteiger partial charge in [-0.1, -0.05) is 54.1 Å². The Labute approximate surface area is 126 Å². The predicted octanol–water partition coefficient (Wildman–Crippen LogP) is 3.87. The molecule has 2 nitrogen and oxygen atoms in total. The number of nitrogens with zero attached hydrogens (tertiary/aromatic N) is 1. The van der Waals surface area contributed by atoms with Crippen molar-refractivity contribution in [2.45, 2.75) is 19.9 Å². The van der Waals surface area contributed by atoms with E-state index in [2.05, 4.69) is 42.2 Å². The van der Waals surface area contributed by atoms with Crippen molar-refractivity contribution >= 4 is 17.3 Å². The van der Waals surface area contributed by atoms with Gasteiger partial charge in [-0.15, -0.1) is 0 Å². The molecule has 2 rings (SSSR count). The average Bonchev–Trinajstić information content (AvgIpc) is 2.47. The third-order valence-electron chi connectivity index (χ3n) is 3.40. The molecule has 0 fully saturated rings. The van der Waals surface area contributed by atoms with Gasteiger partial charge in [0.15, 0.2) is 0 Å². The lowest BCUT2D eigenvalue weighted by molar-refractivity contribution is 0.819. The number of para-hydroxylation sites is 1. The zero-order chi connectivity index (χ0) is 14.4. The van der Waals surface area contributed by atoms with Crippen LogP contribution >= 0.6 is 11.6 Å². The van der Waals surface area contributed by atoms with Crippen LogP contribution in [0, 0.1) is 0 Å². The Morgan fingerprint density at radius 2 is 1.80 bits per heavy atom. The summed E-state index contributed by atoms with van der Waals surface area (Å²) in [6.45, 7) is 4.56. The largest absolute Gasteiger partial charge is 0.366 e. The van der Waals surface area contributed by atoms with Gasteiger partial charge in [0.1, 0.15) is 0 Å². The molecule has 0 saturated carbocycles. The van der Waals surface area contributed by atoms with E-state index in [0.29, 0.717) is 6.54 Å². The Morgan fingerprint density at radius 1 is 1.05 bits per heavy atom. The summed E-state index contributed by atoms with van der Waals surface area (Å²) >= 11 is 6.42. The van der Waals surface area contributed by atoms with Gasteiger partial charge in [-0.3, -0.25) is 0 Å². The summed E-state index contributed by atoms with van der Waals surface area (Å²) in [5.41, 5.74) is 9.33. The van der Waals surface area contributed by atoms with Crippen LogP contribution in [-0.2, 0) is 13.0 Å². The van der Waals surface area contributed by atoms with Crippen LogP contribution in [0.4, 0.5) is 5.69 Å². The van der Waals surface area contributed by atoms with Crippen molar-refractivity contribution in [2.24, 2.45) is 5.73 Å². The molecular weight excluding hydrogens is 268 g/mol. The third kappa shape index (κ3) is 3.53. The Hall–Kier alpha value is -1.51. The summed E-state index contributed by atoms with van der Waals surface area (Å²) in [4.78, 5) is 2.31. The molecule has 0 saturated heterocycles. The number of hydrogen-bond donors (Lipinski definition) is 1. The van der Waals surface area contributed by atoms with E-state index in [1.165, 1.54) is 11.1 Å². The average molecular weight is 289 g/mol. The molecule has 2 aromatic rings. The van der Waals surface area contributed by atoms with E-state index in [-0.39, 0.29) is 0 Å². The van der Waals surface area contributed by atoms with Crippen LogP contribution in [0.2, 0.25) is 5.02 Å². The lowest BCUT2D eigenvalue weighted by Gasteiger charge is -2.27. The lowest BCUT2D eigenvalue weighted by Crippen LogP contribution is -2.24. The van der Waals surface area contributed by atoms with Crippen molar-refractivity contribution in [1.29, 1.82) is 0 Å². The van der Waals surface area contributed by atoms with Crippen molar-refractivity contribution < 1.29 is 0 Å². The summed E-state index contributed by atoms with van der Waals surface area (Å²) in [6, 6.07) is 16.5. The minimum absolute atomic E-state index is 0.635. The first kappa shape index (κ1) is 14.9. The first-order valence-corrected chi connectivity index (χ1v) is 7.40. The van der Waals surface area contributed by atoms with Gasteiger partial charge >= 0.3 is 0 Å². The highest BCUT2D eigenvalue weighted by atomic mass is 35.5. The maximum atomic E-state index is 6.42. The molecule has 20 heavy (non-hydrogen) atoms. The molecule has 0 atom stereocenters. The molecule has 2 N–H and O–H groups in total. The molecule has 2 aromatic carbocycles. The highest BCUT2D eigenvalue weighted by Crippen LogP contribution is 2.31. The number of benzene rings is 2. The van der Waals surface area contributed by atoms with Gasteiger partial charge in [-0.05, 0) is 37.1 Å². The fourth-order valence-corrected chi connectivity index (χ4v) is 2.74. The third-order valence-corrected chi connectivity index (χ3v) is 3.70. The molecule has 0 amide bonds.